The van der Waals surface area contributed by atoms with Gasteiger partial charge in [0.1, 0.15) is 11.9 Å². The van der Waals surface area contributed by atoms with E-state index in [0.717, 1.165) is 25.0 Å². The number of benzene rings is 1. The van der Waals surface area contributed by atoms with E-state index in [1.54, 1.807) is 0 Å². The van der Waals surface area contributed by atoms with E-state index in [0.29, 0.717) is 0 Å². The zero-order chi connectivity index (χ0) is 14.2. The molecular weight excluding hydrogens is 236 g/mol. The molecular formula is C17H26O2. The molecule has 0 amide bonds. The molecule has 1 aliphatic rings. The zero-order valence-electron chi connectivity index (χ0n) is 12.8. The largest absolute Gasteiger partial charge is 0.487 e. The third-order valence-corrected chi connectivity index (χ3v) is 4.50. The Balaban J connectivity index is 2.21. The van der Waals surface area contributed by atoms with Crippen molar-refractivity contribution in [3.8, 4) is 5.75 Å². The first-order valence-electron chi connectivity index (χ1n) is 7.24. The predicted octanol–water partition coefficient (Wildman–Crippen LogP) is 3.93. The van der Waals surface area contributed by atoms with E-state index >= 15 is 0 Å². The lowest BCUT2D eigenvalue weighted by atomic mass is 9.73. The topological polar surface area (TPSA) is 29.5 Å². The van der Waals surface area contributed by atoms with Crippen LogP contribution in [0.2, 0.25) is 0 Å². The molecule has 2 nitrogen and oxygen atoms in total. The molecule has 106 valence electrons. The molecule has 0 bridgehead atoms. The van der Waals surface area contributed by atoms with E-state index in [2.05, 4.69) is 46.8 Å². The summed E-state index contributed by atoms with van der Waals surface area (Å²) in [5, 5.41) is 10.5. The third kappa shape index (κ3) is 2.94. The highest BCUT2D eigenvalue weighted by Gasteiger charge is 2.39. The van der Waals surface area contributed by atoms with E-state index in [4.69, 9.17) is 4.74 Å². The summed E-state index contributed by atoms with van der Waals surface area (Å²) in [5.41, 5.74) is 3.60. The number of aliphatic hydroxyl groups is 1. The highest BCUT2D eigenvalue weighted by Crippen LogP contribution is 2.38. The van der Waals surface area contributed by atoms with Gasteiger partial charge < -0.3 is 9.84 Å². The first-order valence-corrected chi connectivity index (χ1v) is 7.24. The minimum Gasteiger partial charge on any atom is -0.487 e. The summed E-state index contributed by atoms with van der Waals surface area (Å²) < 4.78 is 6.15. The molecule has 19 heavy (non-hydrogen) atoms. The van der Waals surface area contributed by atoms with Crippen LogP contribution >= 0.6 is 0 Å². The van der Waals surface area contributed by atoms with Gasteiger partial charge in [-0.3, -0.25) is 0 Å². The molecule has 2 heteroatoms. The average molecular weight is 262 g/mol. The van der Waals surface area contributed by atoms with Gasteiger partial charge in [0.25, 0.3) is 0 Å². The molecule has 1 saturated carbocycles. The summed E-state index contributed by atoms with van der Waals surface area (Å²) in [4.78, 5) is 0. The first-order chi connectivity index (χ1) is 8.81. The summed E-state index contributed by atoms with van der Waals surface area (Å²) in [6.07, 6.45) is 2.67. The van der Waals surface area contributed by atoms with Crippen LogP contribution in [-0.2, 0) is 0 Å². The van der Waals surface area contributed by atoms with Gasteiger partial charge in [-0.25, -0.2) is 0 Å². The number of hydrogen-bond donors (Lipinski definition) is 1. The highest BCUT2D eigenvalue weighted by molar-refractivity contribution is 5.42. The molecule has 2 atom stereocenters. The molecule has 0 spiro atoms. The Labute approximate surface area is 116 Å². The van der Waals surface area contributed by atoms with Crippen molar-refractivity contribution in [2.45, 2.75) is 66.1 Å². The standard InChI is InChI=1S/C17H26O2/c1-11-9-12(2)13(3)15(10-11)19-14-7-6-8-17(4,5)16(14)18/h9-10,14,16,18H,6-8H2,1-5H3. The van der Waals surface area contributed by atoms with Crippen molar-refractivity contribution < 1.29 is 9.84 Å². The first kappa shape index (κ1) is 14.4. The van der Waals surface area contributed by atoms with Crippen LogP contribution in [0.5, 0.6) is 5.75 Å². The summed E-state index contributed by atoms with van der Waals surface area (Å²) in [6.45, 7) is 10.5. The molecule has 0 aliphatic heterocycles. The minimum atomic E-state index is -0.388. The fourth-order valence-electron chi connectivity index (χ4n) is 2.98. The second-order valence-electron chi connectivity index (χ2n) is 6.69. The number of aliphatic hydroxyl groups excluding tert-OH is 1. The van der Waals surface area contributed by atoms with Crippen molar-refractivity contribution in [1.29, 1.82) is 0 Å². The molecule has 0 saturated heterocycles. The lowest BCUT2D eigenvalue weighted by molar-refractivity contribution is -0.0691. The van der Waals surface area contributed by atoms with Crippen molar-refractivity contribution >= 4 is 0 Å². The molecule has 2 unspecified atom stereocenters. The van der Waals surface area contributed by atoms with Gasteiger partial charge in [-0.2, -0.15) is 0 Å². The quantitative estimate of drug-likeness (QED) is 0.875. The average Bonchev–Trinajstić information content (AvgIpc) is 2.31. The molecule has 1 N–H and O–H groups in total. The molecule has 0 heterocycles. The summed E-state index contributed by atoms with van der Waals surface area (Å²) in [6, 6.07) is 4.25. The smallest absolute Gasteiger partial charge is 0.125 e. The van der Waals surface area contributed by atoms with Gasteiger partial charge in [0.2, 0.25) is 0 Å². The lowest BCUT2D eigenvalue weighted by Gasteiger charge is -2.40. The van der Waals surface area contributed by atoms with Gasteiger partial charge in [-0.15, -0.1) is 0 Å². The van der Waals surface area contributed by atoms with Crippen molar-refractivity contribution in [1.82, 2.24) is 0 Å². The fourth-order valence-corrected chi connectivity index (χ4v) is 2.98. The number of hydrogen-bond acceptors (Lipinski definition) is 2. The summed E-state index contributed by atoms with van der Waals surface area (Å²) in [5.74, 6) is 0.930. The van der Waals surface area contributed by atoms with Gasteiger partial charge in [-0.05, 0) is 68.2 Å². The van der Waals surface area contributed by atoms with E-state index < -0.39 is 0 Å². The molecule has 0 radical (unpaired) electrons. The Morgan fingerprint density at radius 3 is 2.58 bits per heavy atom. The number of rotatable bonds is 2. The second-order valence-corrected chi connectivity index (χ2v) is 6.69. The SMILES string of the molecule is Cc1cc(C)c(C)c(OC2CCCC(C)(C)C2O)c1. The Hall–Kier alpha value is -1.02. The predicted molar refractivity (Wildman–Crippen MR) is 78.7 cm³/mol. The number of aryl methyl sites for hydroxylation is 2. The van der Waals surface area contributed by atoms with Crippen LogP contribution in [0.3, 0.4) is 0 Å². The Morgan fingerprint density at radius 2 is 1.89 bits per heavy atom. The maximum Gasteiger partial charge on any atom is 0.125 e. The van der Waals surface area contributed by atoms with Crippen LogP contribution in [0.1, 0.15) is 49.8 Å². The zero-order valence-corrected chi connectivity index (χ0v) is 12.8. The van der Waals surface area contributed by atoms with Crippen LogP contribution in [0.15, 0.2) is 12.1 Å². The van der Waals surface area contributed by atoms with E-state index in [1.807, 2.05) is 0 Å². The normalized spacial score (nSPS) is 26.2. The van der Waals surface area contributed by atoms with Crippen molar-refractivity contribution in [3.63, 3.8) is 0 Å². The van der Waals surface area contributed by atoms with Gasteiger partial charge >= 0.3 is 0 Å². The van der Waals surface area contributed by atoms with Crippen LogP contribution < -0.4 is 4.74 Å². The van der Waals surface area contributed by atoms with E-state index in [9.17, 15) is 5.11 Å². The molecule has 1 aliphatic carbocycles. The van der Waals surface area contributed by atoms with Gasteiger partial charge in [0.15, 0.2) is 0 Å². The minimum absolute atomic E-state index is 0.0459. The lowest BCUT2D eigenvalue weighted by Crippen LogP contribution is -2.46. The Morgan fingerprint density at radius 1 is 1.21 bits per heavy atom. The molecule has 2 rings (SSSR count). The summed E-state index contributed by atoms with van der Waals surface area (Å²) in [7, 11) is 0. The van der Waals surface area contributed by atoms with Gasteiger partial charge in [-0.1, -0.05) is 19.9 Å². The number of ether oxygens (including phenoxy) is 1. The van der Waals surface area contributed by atoms with Gasteiger partial charge in [0.05, 0.1) is 6.10 Å². The van der Waals surface area contributed by atoms with Crippen LogP contribution in [0, 0.1) is 26.2 Å². The molecule has 1 fully saturated rings. The van der Waals surface area contributed by atoms with E-state index in [1.165, 1.54) is 16.7 Å². The fraction of sp³-hybridized carbons (Fsp3) is 0.647. The maximum atomic E-state index is 10.5. The summed E-state index contributed by atoms with van der Waals surface area (Å²) >= 11 is 0. The van der Waals surface area contributed by atoms with Crippen molar-refractivity contribution in [2.75, 3.05) is 0 Å². The molecule has 1 aromatic rings. The van der Waals surface area contributed by atoms with Crippen LogP contribution in [0.4, 0.5) is 0 Å². The van der Waals surface area contributed by atoms with Crippen LogP contribution in [-0.4, -0.2) is 17.3 Å². The Bertz CT molecular complexity index is 463. The third-order valence-electron chi connectivity index (χ3n) is 4.50. The van der Waals surface area contributed by atoms with E-state index in [-0.39, 0.29) is 17.6 Å². The monoisotopic (exact) mass is 262 g/mol. The highest BCUT2D eigenvalue weighted by atomic mass is 16.5. The maximum absolute atomic E-state index is 10.5. The van der Waals surface area contributed by atoms with Crippen molar-refractivity contribution in [3.05, 3.63) is 28.8 Å². The Kier molecular flexibility index (Phi) is 3.91. The van der Waals surface area contributed by atoms with Crippen LogP contribution in [0.25, 0.3) is 0 Å². The molecule has 0 aromatic heterocycles. The second kappa shape index (κ2) is 5.16. The van der Waals surface area contributed by atoms with Crippen molar-refractivity contribution in [2.24, 2.45) is 5.41 Å². The molecule has 1 aromatic carbocycles. The van der Waals surface area contributed by atoms with Gasteiger partial charge in [0, 0.05) is 0 Å².